The fourth-order valence-electron chi connectivity index (χ4n) is 1.57. The van der Waals surface area contributed by atoms with Gasteiger partial charge in [0.2, 0.25) is 0 Å². The monoisotopic (exact) mass is 329 g/mol. The maximum Gasteiger partial charge on any atom is 0.0462 e. The number of halogens is 2. The molecule has 2 rings (SSSR count). The molecule has 0 aliphatic heterocycles. The minimum atomic E-state index is 0.348. The van der Waals surface area contributed by atoms with E-state index in [2.05, 4.69) is 45.0 Å². The topological polar surface area (TPSA) is 12.0 Å². The Kier molecular flexibility index (Phi) is 4.62. The van der Waals surface area contributed by atoms with Crippen LogP contribution in [0.2, 0.25) is 5.02 Å². The highest BCUT2D eigenvalue weighted by atomic mass is 79.9. The van der Waals surface area contributed by atoms with Crippen molar-refractivity contribution < 1.29 is 0 Å². The van der Waals surface area contributed by atoms with Gasteiger partial charge in [0.05, 0.1) is 0 Å². The van der Waals surface area contributed by atoms with Gasteiger partial charge in [0.15, 0.2) is 0 Å². The van der Waals surface area contributed by atoms with Crippen LogP contribution in [0, 0.1) is 0 Å². The third kappa shape index (κ3) is 3.55. The molecule has 0 radical (unpaired) electrons. The van der Waals surface area contributed by atoms with Gasteiger partial charge in [-0.1, -0.05) is 33.6 Å². The first-order chi connectivity index (χ1) is 8.16. The average molecular weight is 331 g/mol. The average Bonchev–Trinajstić information content (AvgIpc) is 2.81. The quantitative estimate of drug-likeness (QED) is 0.830. The van der Waals surface area contributed by atoms with Gasteiger partial charge in [0, 0.05) is 22.1 Å². The third-order valence-electron chi connectivity index (χ3n) is 2.66. The summed E-state index contributed by atoms with van der Waals surface area (Å²) in [6.07, 6.45) is 0. The van der Waals surface area contributed by atoms with Crippen LogP contribution in [0.4, 0.5) is 0 Å². The Hall–Kier alpha value is -0.350. The second kappa shape index (κ2) is 6.01. The Balaban J connectivity index is 1.98. The van der Waals surface area contributed by atoms with E-state index in [1.165, 1.54) is 5.56 Å². The largest absolute Gasteiger partial charge is 0.306 e. The maximum absolute atomic E-state index is 6.17. The zero-order valence-electron chi connectivity index (χ0n) is 9.41. The van der Waals surface area contributed by atoms with Crippen LogP contribution in [-0.2, 0) is 6.54 Å². The van der Waals surface area contributed by atoms with Crippen molar-refractivity contribution in [3.8, 4) is 0 Å². The summed E-state index contributed by atoms with van der Waals surface area (Å²) < 4.78 is 1.01. The molecule has 2 aromatic rings. The van der Waals surface area contributed by atoms with E-state index in [4.69, 9.17) is 11.6 Å². The molecule has 0 amide bonds. The molecule has 1 atom stereocenters. The summed E-state index contributed by atoms with van der Waals surface area (Å²) in [5, 5.41) is 8.53. The second-order valence-corrected chi connectivity index (χ2v) is 6.00. The lowest BCUT2D eigenvalue weighted by Crippen LogP contribution is -2.17. The highest BCUT2D eigenvalue weighted by Crippen LogP contribution is 2.22. The Morgan fingerprint density at radius 3 is 2.88 bits per heavy atom. The fraction of sp³-hybridized carbons (Fsp3) is 0.231. The van der Waals surface area contributed by atoms with Gasteiger partial charge in [-0.15, -0.1) is 0 Å². The molecule has 1 nitrogen and oxygen atoms in total. The van der Waals surface area contributed by atoms with Gasteiger partial charge in [0.25, 0.3) is 0 Å². The predicted octanol–water partition coefficient (Wildman–Crippen LogP) is 5.01. The lowest BCUT2D eigenvalue weighted by Gasteiger charge is -2.13. The molecular weight excluding hydrogens is 318 g/mol. The first-order valence-electron chi connectivity index (χ1n) is 5.36. The van der Waals surface area contributed by atoms with Crippen molar-refractivity contribution in [3.63, 3.8) is 0 Å². The van der Waals surface area contributed by atoms with Crippen molar-refractivity contribution in [1.29, 1.82) is 0 Å². The molecule has 0 saturated carbocycles. The van der Waals surface area contributed by atoms with Gasteiger partial charge in [0.1, 0.15) is 0 Å². The van der Waals surface area contributed by atoms with Gasteiger partial charge >= 0.3 is 0 Å². The smallest absolute Gasteiger partial charge is 0.0462 e. The Bertz CT molecular complexity index is 484. The lowest BCUT2D eigenvalue weighted by atomic mass is 10.1. The molecule has 17 heavy (non-hydrogen) atoms. The van der Waals surface area contributed by atoms with Crippen molar-refractivity contribution >= 4 is 38.9 Å². The number of rotatable bonds is 4. The van der Waals surface area contributed by atoms with Crippen LogP contribution in [0.3, 0.4) is 0 Å². The lowest BCUT2D eigenvalue weighted by molar-refractivity contribution is 0.576. The Labute approximate surface area is 119 Å². The second-order valence-electron chi connectivity index (χ2n) is 3.90. The summed E-state index contributed by atoms with van der Waals surface area (Å²) in [7, 11) is 0. The van der Waals surface area contributed by atoms with Crippen molar-refractivity contribution in [3.05, 3.63) is 55.6 Å². The summed E-state index contributed by atoms with van der Waals surface area (Å²) in [5.41, 5.74) is 2.44. The van der Waals surface area contributed by atoms with Crippen LogP contribution in [0.15, 0.2) is 39.5 Å². The van der Waals surface area contributed by atoms with Gasteiger partial charge in [-0.25, -0.2) is 0 Å². The van der Waals surface area contributed by atoms with E-state index in [0.717, 1.165) is 21.6 Å². The molecule has 90 valence electrons. The van der Waals surface area contributed by atoms with Crippen molar-refractivity contribution in [2.24, 2.45) is 0 Å². The van der Waals surface area contributed by atoms with Crippen molar-refractivity contribution in [1.82, 2.24) is 5.32 Å². The number of hydrogen-bond donors (Lipinski definition) is 1. The predicted molar refractivity (Wildman–Crippen MR) is 78.7 cm³/mol. The first-order valence-corrected chi connectivity index (χ1v) is 7.47. The van der Waals surface area contributed by atoms with E-state index in [1.807, 2.05) is 18.2 Å². The Morgan fingerprint density at radius 1 is 1.41 bits per heavy atom. The van der Waals surface area contributed by atoms with E-state index in [0.29, 0.717) is 6.04 Å². The van der Waals surface area contributed by atoms with E-state index in [1.54, 1.807) is 11.3 Å². The Morgan fingerprint density at radius 2 is 2.24 bits per heavy atom. The molecule has 0 bridgehead atoms. The molecule has 1 aromatic heterocycles. The zero-order valence-corrected chi connectivity index (χ0v) is 12.6. The minimum Gasteiger partial charge on any atom is -0.306 e. The zero-order chi connectivity index (χ0) is 12.3. The number of benzene rings is 1. The van der Waals surface area contributed by atoms with E-state index >= 15 is 0 Å². The SMILES string of the molecule is CC(NCc1ccc(Br)cc1Cl)c1ccsc1. The van der Waals surface area contributed by atoms with Crippen LogP contribution >= 0.6 is 38.9 Å². The number of hydrogen-bond acceptors (Lipinski definition) is 2. The molecule has 0 fully saturated rings. The molecular formula is C13H13BrClNS. The molecule has 0 aliphatic carbocycles. The summed E-state index contributed by atoms with van der Waals surface area (Å²) in [6.45, 7) is 2.94. The standard InChI is InChI=1S/C13H13BrClNS/c1-9(11-4-5-17-8-11)16-7-10-2-3-12(14)6-13(10)15/h2-6,8-9,16H,7H2,1H3. The summed E-state index contributed by atoms with van der Waals surface area (Å²) >= 11 is 11.3. The van der Waals surface area contributed by atoms with Gasteiger partial charge in [-0.2, -0.15) is 11.3 Å². The third-order valence-corrected chi connectivity index (χ3v) is 4.20. The minimum absolute atomic E-state index is 0.348. The molecule has 1 unspecified atom stereocenters. The molecule has 0 aliphatic rings. The number of nitrogens with one attached hydrogen (secondary N) is 1. The van der Waals surface area contributed by atoms with Crippen molar-refractivity contribution in [2.45, 2.75) is 19.5 Å². The fourth-order valence-corrected chi connectivity index (χ4v) is 3.06. The highest BCUT2D eigenvalue weighted by Gasteiger charge is 2.06. The van der Waals surface area contributed by atoms with Crippen LogP contribution in [0.25, 0.3) is 0 Å². The molecule has 0 saturated heterocycles. The summed E-state index contributed by atoms with van der Waals surface area (Å²) in [6, 6.07) is 8.47. The van der Waals surface area contributed by atoms with Crippen LogP contribution in [0.1, 0.15) is 24.1 Å². The molecule has 0 spiro atoms. The van der Waals surface area contributed by atoms with Crippen LogP contribution in [0.5, 0.6) is 0 Å². The van der Waals surface area contributed by atoms with Crippen molar-refractivity contribution in [2.75, 3.05) is 0 Å². The molecule has 1 N–H and O–H groups in total. The molecule has 1 aromatic carbocycles. The van der Waals surface area contributed by atoms with Gasteiger partial charge in [-0.05, 0) is 47.0 Å². The van der Waals surface area contributed by atoms with Gasteiger partial charge in [-0.3, -0.25) is 0 Å². The highest BCUT2D eigenvalue weighted by molar-refractivity contribution is 9.10. The van der Waals surface area contributed by atoms with E-state index < -0.39 is 0 Å². The van der Waals surface area contributed by atoms with Crippen LogP contribution in [-0.4, -0.2) is 0 Å². The maximum atomic E-state index is 6.17. The van der Waals surface area contributed by atoms with E-state index in [-0.39, 0.29) is 0 Å². The molecule has 1 heterocycles. The first kappa shape index (κ1) is 13.1. The van der Waals surface area contributed by atoms with E-state index in [9.17, 15) is 0 Å². The summed E-state index contributed by atoms with van der Waals surface area (Å²) in [4.78, 5) is 0. The number of thiophene rings is 1. The normalized spacial score (nSPS) is 12.6. The molecule has 4 heteroatoms. The summed E-state index contributed by atoms with van der Waals surface area (Å²) in [5.74, 6) is 0. The van der Waals surface area contributed by atoms with Crippen LogP contribution < -0.4 is 5.32 Å². The van der Waals surface area contributed by atoms with Gasteiger partial charge < -0.3 is 5.32 Å².